The number of phenols is 1. The minimum atomic E-state index is -0.385. The first-order valence-corrected chi connectivity index (χ1v) is 8.23. The number of hydrogen-bond donors (Lipinski definition) is 2. The third kappa shape index (κ3) is 3.35. The molecular formula is C19H20ClNO4. The van der Waals surface area contributed by atoms with E-state index in [-0.39, 0.29) is 29.9 Å². The Bertz CT molecular complexity index is 947. The predicted octanol–water partition coefficient (Wildman–Crippen LogP) is 3.34. The fourth-order valence-electron chi connectivity index (χ4n) is 3.32. The molecule has 25 heavy (non-hydrogen) atoms. The molecule has 2 N–H and O–H groups in total. The Morgan fingerprint density at radius 1 is 1.12 bits per heavy atom. The number of nitrogens with one attached hydrogen (secondary N) is 1. The van der Waals surface area contributed by atoms with Gasteiger partial charge in [0.25, 0.3) is 0 Å². The number of fused-ring (bicyclic) bond motifs is 3. The Morgan fingerprint density at radius 3 is 2.68 bits per heavy atom. The van der Waals surface area contributed by atoms with E-state index in [2.05, 4.69) is 5.32 Å². The lowest BCUT2D eigenvalue weighted by atomic mass is 10.0. The second kappa shape index (κ2) is 7.44. The van der Waals surface area contributed by atoms with Crippen molar-refractivity contribution in [3.8, 4) is 5.75 Å². The van der Waals surface area contributed by atoms with Crippen LogP contribution in [0, 0.1) is 0 Å². The van der Waals surface area contributed by atoms with E-state index < -0.39 is 0 Å². The summed E-state index contributed by atoms with van der Waals surface area (Å²) >= 11 is 0. The van der Waals surface area contributed by atoms with Crippen molar-refractivity contribution < 1.29 is 14.3 Å². The molecule has 1 fully saturated rings. The molecule has 0 saturated carbocycles. The number of phenolic OH excluding ortho intramolecular Hbond substituents is 1. The summed E-state index contributed by atoms with van der Waals surface area (Å²) in [6.07, 6.45) is 2.36. The van der Waals surface area contributed by atoms with Gasteiger partial charge in [-0.25, -0.2) is 4.79 Å². The Balaban J connectivity index is 0.00000182. The third-order valence-corrected chi connectivity index (χ3v) is 4.57. The molecule has 0 aliphatic carbocycles. The van der Waals surface area contributed by atoms with E-state index in [4.69, 9.17) is 9.15 Å². The van der Waals surface area contributed by atoms with Crippen LogP contribution < -0.4 is 10.9 Å². The Hall–Kier alpha value is -2.08. The van der Waals surface area contributed by atoms with Gasteiger partial charge in [-0.15, -0.1) is 12.4 Å². The maximum absolute atomic E-state index is 12.3. The molecule has 1 aliphatic rings. The van der Waals surface area contributed by atoms with Crippen molar-refractivity contribution in [2.75, 3.05) is 13.2 Å². The lowest BCUT2D eigenvalue weighted by Gasteiger charge is -2.13. The molecule has 2 heterocycles. The zero-order valence-corrected chi connectivity index (χ0v) is 14.5. The summed E-state index contributed by atoms with van der Waals surface area (Å²) in [5, 5.41) is 15.7. The Labute approximate surface area is 151 Å². The van der Waals surface area contributed by atoms with Gasteiger partial charge in [-0.1, -0.05) is 18.2 Å². The average molecular weight is 362 g/mol. The number of ether oxygens (including phenoxy) is 1. The zero-order chi connectivity index (χ0) is 16.5. The topological polar surface area (TPSA) is 71.7 Å². The number of benzene rings is 2. The molecule has 1 aliphatic heterocycles. The van der Waals surface area contributed by atoms with Crippen molar-refractivity contribution >= 4 is 34.1 Å². The fraction of sp³-hybridized carbons (Fsp3) is 0.316. The molecule has 0 spiro atoms. The van der Waals surface area contributed by atoms with Crippen molar-refractivity contribution in [1.82, 2.24) is 5.32 Å². The fourth-order valence-corrected chi connectivity index (χ4v) is 3.32. The van der Waals surface area contributed by atoms with Gasteiger partial charge in [0.2, 0.25) is 0 Å². The molecule has 1 aromatic heterocycles. The molecule has 0 radical (unpaired) electrons. The van der Waals surface area contributed by atoms with Gasteiger partial charge < -0.3 is 19.6 Å². The van der Waals surface area contributed by atoms with Gasteiger partial charge in [0, 0.05) is 25.1 Å². The van der Waals surface area contributed by atoms with Crippen LogP contribution in [0.5, 0.6) is 5.75 Å². The molecule has 3 aromatic rings. The molecule has 1 saturated heterocycles. The van der Waals surface area contributed by atoms with E-state index >= 15 is 0 Å². The van der Waals surface area contributed by atoms with Gasteiger partial charge in [0.05, 0.1) is 17.1 Å². The van der Waals surface area contributed by atoms with Crippen LogP contribution in [-0.2, 0) is 11.3 Å². The average Bonchev–Trinajstić information content (AvgIpc) is 3.11. The number of halogens is 1. The number of hydrogen-bond acceptors (Lipinski definition) is 5. The summed E-state index contributed by atoms with van der Waals surface area (Å²) in [6, 6.07) is 10.8. The second-order valence-corrected chi connectivity index (χ2v) is 6.14. The zero-order valence-electron chi connectivity index (χ0n) is 13.7. The standard InChI is InChI=1S/C19H19NO4.ClH/c21-17-8-7-14-13-5-1-2-6-15(13)19(22)24-18(14)16(17)11-20-10-12-4-3-9-23-12;/h1-2,5-8,12,20-21H,3-4,9-11H2;1H. The van der Waals surface area contributed by atoms with Crippen LogP contribution in [0.4, 0.5) is 0 Å². The minimum absolute atomic E-state index is 0. The Morgan fingerprint density at radius 2 is 1.92 bits per heavy atom. The van der Waals surface area contributed by atoms with Crippen LogP contribution >= 0.6 is 12.4 Å². The van der Waals surface area contributed by atoms with Crippen LogP contribution in [0.25, 0.3) is 21.7 Å². The van der Waals surface area contributed by atoms with Gasteiger partial charge in [-0.3, -0.25) is 0 Å². The van der Waals surface area contributed by atoms with Crippen LogP contribution in [0.1, 0.15) is 18.4 Å². The van der Waals surface area contributed by atoms with Crippen molar-refractivity contribution in [2.24, 2.45) is 0 Å². The van der Waals surface area contributed by atoms with E-state index in [1.165, 1.54) is 0 Å². The van der Waals surface area contributed by atoms with E-state index in [1.807, 2.05) is 18.2 Å². The van der Waals surface area contributed by atoms with Gasteiger partial charge >= 0.3 is 5.63 Å². The summed E-state index contributed by atoms with van der Waals surface area (Å²) in [5.74, 6) is 0.126. The highest BCUT2D eigenvalue weighted by Gasteiger charge is 2.17. The van der Waals surface area contributed by atoms with Crippen LogP contribution in [0.3, 0.4) is 0 Å². The van der Waals surface area contributed by atoms with Gasteiger partial charge in [-0.2, -0.15) is 0 Å². The highest BCUT2D eigenvalue weighted by Crippen LogP contribution is 2.30. The molecule has 1 unspecified atom stereocenters. The van der Waals surface area contributed by atoms with Crippen molar-refractivity contribution in [3.63, 3.8) is 0 Å². The molecule has 4 rings (SSSR count). The molecule has 2 aromatic carbocycles. The largest absolute Gasteiger partial charge is 0.507 e. The Kier molecular flexibility index (Phi) is 5.27. The maximum Gasteiger partial charge on any atom is 0.344 e. The first-order chi connectivity index (χ1) is 11.7. The summed E-state index contributed by atoms with van der Waals surface area (Å²) in [5.41, 5.74) is 0.663. The first-order valence-electron chi connectivity index (χ1n) is 8.23. The van der Waals surface area contributed by atoms with Crippen molar-refractivity contribution in [2.45, 2.75) is 25.5 Å². The van der Waals surface area contributed by atoms with Gasteiger partial charge in [0.15, 0.2) is 0 Å². The maximum atomic E-state index is 12.3. The third-order valence-electron chi connectivity index (χ3n) is 4.57. The van der Waals surface area contributed by atoms with E-state index in [9.17, 15) is 9.90 Å². The summed E-state index contributed by atoms with van der Waals surface area (Å²) in [7, 11) is 0. The highest BCUT2D eigenvalue weighted by molar-refractivity contribution is 6.05. The van der Waals surface area contributed by atoms with Crippen LogP contribution in [-0.4, -0.2) is 24.4 Å². The number of rotatable bonds is 4. The molecule has 132 valence electrons. The molecule has 1 atom stereocenters. The normalized spacial score (nSPS) is 17.0. The molecule has 0 amide bonds. The van der Waals surface area contributed by atoms with E-state index in [1.54, 1.807) is 18.2 Å². The lowest BCUT2D eigenvalue weighted by Crippen LogP contribution is -2.26. The number of aromatic hydroxyl groups is 1. The quantitative estimate of drug-likeness (QED) is 0.551. The van der Waals surface area contributed by atoms with Crippen LogP contribution in [0.2, 0.25) is 0 Å². The molecule has 6 heteroatoms. The SMILES string of the molecule is Cl.O=c1oc2c(CNCC3CCCO3)c(O)ccc2c2ccccc12. The van der Waals surface area contributed by atoms with E-state index in [0.29, 0.717) is 29.6 Å². The smallest absolute Gasteiger partial charge is 0.344 e. The summed E-state index contributed by atoms with van der Waals surface area (Å²) in [4.78, 5) is 12.3. The van der Waals surface area contributed by atoms with Crippen LogP contribution in [0.15, 0.2) is 45.6 Å². The van der Waals surface area contributed by atoms with Gasteiger partial charge in [-0.05, 0) is 36.4 Å². The van der Waals surface area contributed by atoms with E-state index in [0.717, 1.165) is 30.2 Å². The van der Waals surface area contributed by atoms with Crippen molar-refractivity contribution in [1.29, 1.82) is 0 Å². The summed E-state index contributed by atoms with van der Waals surface area (Å²) < 4.78 is 11.1. The first kappa shape index (κ1) is 17.7. The highest BCUT2D eigenvalue weighted by atomic mass is 35.5. The lowest BCUT2D eigenvalue weighted by molar-refractivity contribution is 0.110. The predicted molar refractivity (Wildman–Crippen MR) is 99.6 cm³/mol. The van der Waals surface area contributed by atoms with Crippen molar-refractivity contribution in [3.05, 3.63) is 52.4 Å². The second-order valence-electron chi connectivity index (χ2n) is 6.14. The molecule has 0 bridgehead atoms. The monoisotopic (exact) mass is 361 g/mol. The summed E-state index contributed by atoms with van der Waals surface area (Å²) in [6.45, 7) is 1.95. The van der Waals surface area contributed by atoms with Gasteiger partial charge in [0.1, 0.15) is 11.3 Å². The molecular weight excluding hydrogens is 342 g/mol. The minimum Gasteiger partial charge on any atom is -0.507 e. The molecule has 5 nitrogen and oxygen atoms in total.